The summed E-state index contributed by atoms with van der Waals surface area (Å²) in [6.45, 7) is 0. The van der Waals surface area contributed by atoms with Crippen molar-refractivity contribution < 1.29 is 4.79 Å². The number of carbonyl (C=O) groups excluding carboxylic acids is 1. The Labute approximate surface area is 141 Å². The van der Waals surface area contributed by atoms with Crippen LogP contribution in [0, 0.1) is 0 Å². The summed E-state index contributed by atoms with van der Waals surface area (Å²) in [7, 11) is 0. The van der Waals surface area contributed by atoms with Crippen molar-refractivity contribution in [3.05, 3.63) is 34.2 Å². The summed E-state index contributed by atoms with van der Waals surface area (Å²) in [6.07, 6.45) is 0. The molecule has 3 aromatic rings. The van der Waals surface area contributed by atoms with Crippen LogP contribution in [0.25, 0.3) is 5.69 Å². The zero-order chi connectivity index (χ0) is 15.4. The van der Waals surface area contributed by atoms with Crippen molar-refractivity contribution in [3.63, 3.8) is 0 Å². The molecule has 2 heterocycles. The largest absolute Gasteiger partial charge is 0.300 e. The number of rotatable bonds is 5. The third-order valence-corrected chi connectivity index (χ3v) is 4.51. The number of anilines is 1. The number of aromatic nitrogens is 6. The molecule has 0 unspecified atom stereocenters. The van der Waals surface area contributed by atoms with E-state index in [1.165, 1.54) is 23.1 Å². The number of nitrogens with one attached hydrogen (secondary N) is 1. The van der Waals surface area contributed by atoms with E-state index >= 15 is 0 Å². The average molecular weight is 398 g/mol. The first-order valence-corrected chi connectivity index (χ1v) is 8.61. The van der Waals surface area contributed by atoms with E-state index < -0.39 is 0 Å². The fourth-order valence-corrected chi connectivity index (χ4v) is 2.94. The maximum Gasteiger partial charge on any atom is 0.236 e. The van der Waals surface area contributed by atoms with Crippen molar-refractivity contribution in [3.8, 4) is 5.69 Å². The standard InChI is InChI=1S/C11H8BrN7OS2/c12-7-1-3-8(4-2-7)19-11(16-17-18-19)21-5-9(20)14-10-15-13-6-22-10/h1-4,6H,5H2,(H,14,15,20). The monoisotopic (exact) mass is 397 g/mol. The summed E-state index contributed by atoms with van der Waals surface area (Å²) in [5, 5.41) is 22.6. The first kappa shape index (κ1) is 15.1. The van der Waals surface area contributed by atoms with Gasteiger partial charge in [-0.1, -0.05) is 39.0 Å². The highest BCUT2D eigenvalue weighted by Gasteiger charge is 2.12. The fraction of sp³-hybridized carbons (Fsp3) is 0.0909. The number of thioether (sulfide) groups is 1. The van der Waals surface area contributed by atoms with Crippen LogP contribution in [0.1, 0.15) is 0 Å². The van der Waals surface area contributed by atoms with E-state index in [1.54, 1.807) is 10.2 Å². The number of hydrogen-bond donors (Lipinski definition) is 1. The quantitative estimate of drug-likeness (QED) is 0.657. The highest BCUT2D eigenvalue weighted by atomic mass is 79.9. The van der Waals surface area contributed by atoms with Crippen LogP contribution in [0.3, 0.4) is 0 Å². The second-order valence-corrected chi connectivity index (χ2v) is 6.62. The van der Waals surface area contributed by atoms with Crippen molar-refractivity contribution >= 4 is 50.1 Å². The molecule has 1 N–H and O–H groups in total. The maximum atomic E-state index is 11.8. The first-order valence-electron chi connectivity index (χ1n) is 5.95. The molecule has 8 nitrogen and oxygen atoms in total. The van der Waals surface area contributed by atoms with Crippen LogP contribution in [0.5, 0.6) is 0 Å². The van der Waals surface area contributed by atoms with E-state index in [9.17, 15) is 4.79 Å². The van der Waals surface area contributed by atoms with Gasteiger partial charge in [0.2, 0.25) is 16.2 Å². The molecule has 0 spiro atoms. The van der Waals surface area contributed by atoms with Gasteiger partial charge in [-0.15, -0.1) is 15.3 Å². The number of tetrazole rings is 1. The third kappa shape index (κ3) is 3.67. The maximum absolute atomic E-state index is 11.8. The highest BCUT2D eigenvalue weighted by molar-refractivity contribution is 9.10. The summed E-state index contributed by atoms with van der Waals surface area (Å²) in [5.74, 6) is -0.0108. The minimum atomic E-state index is -0.188. The smallest absolute Gasteiger partial charge is 0.236 e. The molecule has 3 rings (SSSR count). The highest BCUT2D eigenvalue weighted by Crippen LogP contribution is 2.20. The van der Waals surface area contributed by atoms with Crippen molar-refractivity contribution in [1.82, 2.24) is 30.4 Å². The van der Waals surface area contributed by atoms with Gasteiger partial charge in [0.25, 0.3) is 0 Å². The Morgan fingerprint density at radius 3 is 2.86 bits per heavy atom. The second-order valence-electron chi connectivity index (χ2n) is 3.93. The van der Waals surface area contributed by atoms with Gasteiger partial charge in [-0.05, 0) is 34.7 Å². The Balaban J connectivity index is 1.65. The Kier molecular flexibility index (Phi) is 4.75. The first-order chi connectivity index (χ1) is 10.7. The van der Waals surface area contributed by atoms with Crippen LogP contribution in [0.15, 0.2) is 39.4 Å². The van der Waals surface area contributed by atoms with Crippen molar-refractivity contribution in [1.29, 1.82) is 0 Å². The summed E-state index contributed by atoms with van der Waals surface area (Å²) in [6, 6.07) is 7.55. The number of nitrogens with zero attached hydrogens (tertiary/aromatic N) is 6. The summed E-state index contributed by atoms with van der Waals surface area (Å²) in [4.78, 5) is 11.8. The van der Waals surface area contributed by atoms with E-state index in [1.807, 2.05) is 24.3 Å². The van der Waals surface area contributed by atoms with Gasteiger partial charge in [-0.2, -0.15) is 4.68 Å². The van der Waals surface area contributed by atoms with Crippen LogP contribution in [-0.4, -0.2) is 42.1 Å². The number of hydrogen-bond acceptors (Lipinski definition) is 8. The fourth-order valence-electron chi connectivity index (χ4n) is 1.53. The van der Waals surface area contributed by atoms with Gasteiger partial charge in [0.05, 0.1) is 11.4 Å². The Morgan fingerprint density at radius 1 is 1.32 bits per heavy atom. The van der Waals surface area contributed by atoms with Gasteiger partial charge in [-0.3, -0.25) is 10.1 Å². The molecule has 0 saturated carbocycles. The number of halogens is 1. The molecule has 0 radical (unpaired) electrons. The van der Waals surface area contributed by atoms with Crippen LogP contribution in [0.4, 0.5) is 5.13 Å². The molecular formula is C11H8BrN7OS2. The number of benzene rings is 1. The van der Waals surface area contributed by atoms with Crippen molar-refractivity contribution in [2.45, 2.75) is 5.16 Å². The van der Waals surface area contributed by atoms with E-state index in [0.717, 1.165) is 10.2 Å². The van der Waals surface area contributed by atoms with Gasteiger partial charge >= 0.3 is 0 Å². The average Bonchev–Trinajstić information content (AvgIpc) is 3.17. The van der Waals surface area contributed by atoms with Gasteiger partial charge in [0, 0.05) is 4.47 Å². The molecule has 0 aliphatic rings. The molecule has 22 heavy (non-hydrogen) atoms. The molecule has 0 saturated heterocycles. The van der Waals surface area contributed by atoms with E-state index in [-0.39, 0.29) is 11.7 Å². The van der Waals surface area contributed by atoms with Crippen molar-refractivity contribution in [2.24, 2.45) is 0 Å². The lowest BCUT2D eigenvalue weighted by Gasteiger charge is -2.04. The molecule has 0 bridgehead atoms. The van der Waals surface area contributed by atoms with E-state index in [2.05, 4.69) is 47.0 Å². The molecule has 0 atom stereocenters. The summed E-state index contributed by atoms with van der Waals surface area (Å²) >= 11 is 5.88. The predicted molar refractivity (Wildman–Crippen MR) is 86.1 cm³/mol. The van der Waals surface area contributed by atoms with Gasteiger partial charge < -0.3 is 0 Å². The number of amides is 1. The molecule has 11 heteroatoms. The van der Waals surface area contributed by atoms with Gasteiger partial charge in [0.15, 0.2) is 0 Å². The molecule has 1 aromatic carbocycles. The molecule has 0 aliphatic heterocycles. The van der Waals surface area contributed by atoms with Crippen LogP contribution in [-0.2, 0) is 4.79 Å². The topological polar surface area (TPSA) is 98.5 Å². The zero-order valence-electron chi connectivity index (χ0n) is 10.9. The van der Waals surface area contributed by atoms with Gasteiger partial charge in [0.1, 0.15) is 5.51 Å². The SMILES string of the molecule is O=C(CSc1nnnn1-c1ccc(Br)cc1)Nc1nncs1. The second kappa shape index (κ2) is 6.94. The lowest BCUT2D eigenvalue weighted by Crippen LogP contribution is -2.14. The Bertz CT molecular complexity index is 759. The normalized spacial score (nSPS) is 10.6. The van der Waals surface area contributed by atoms with E-state index in [0.29, 0.717) is 10.3 Å². The lowest BCUT2D eigenvalue weighted by atomic mass is 10.3. The van der Waals surface area contributed by atoms with Gasteiger partial charge in [-0.25, -0.2) is 0 Å². The zero-order valence-corrected chi connectivity index (χ0v) is 14.1. The minimum Gasteiger partial charge on any atom is -0.300 e. The van der Waals surface area contributed by atoms with Crippen LogP contribution < -0.4 is 5.32 Å². The molecule has 1 amide bonds. The summed E-state index contributed by atoms with van der Waals surface area (Å²) < 4.78 is 2.55. The third-order valence-electron chi connectivity index (χ3n) is 2.45. The molecule has 0 fully saturated rings. The summed E-state index contributed by atoms with van der Waals surface area (Å²) in [5.41, 5.74) is 2.37. The van der Waals surface area contributed by atoms with Crippen LogP contribution >= 0.6 is 39.0 Å². The Hall–Kier alpha value is -1.85. The molecule has 2 aromatic heterocycles. The minimum absolute atomic E-state index is 0.177. The predicted octanol–water partition coefficient (Wildman–Crippen LogP) is 2.01. The van der Waals surface area contributed by atoms with Crippen molar-refractivity contribution in [2.75, 3.05) is 11.1 Å². The molecule has 0 aliphatic carbocycles. The van der Waals surface area contributed by atoms with E-state index in [4.69, 9.17) is 0 Å². The molecular weight excluding hydrogens is 390 g/mol. The number of carbonyl (C=O) groups is 1. The van der Waals surface area contributed by atoms with Crippen LogP contribution in [0.2, 0.25) is 0 Å². The molecule has 112 valence electrons. The lowest BCUT2D eigenvalue weighted by molar-refractivity contribution is -0.113. The Morgan fingerprint density at radius 2 is 2.14 bits per heavy atom.